The summed E-state index contributed by atoms with van der Waals surface area (Å²) < 4.78 is 71.8. The van der Waals surface area contributed by atoms with E-state index in [4.69, 9.17) is 51.5 Å². The van der Waals surface area contributed by atoms with Crippen molar-refractivity contribution in [3.05, 3.63) is 173 Å². The highest BCUT2D eigenvalue weighted by atomic mass is 28.4. The van der Waals surface area contributed by atoms with Crippen LogP contribution in [0.1, 0.15) is 87.6 Å². The number of ketones is 1. The summed E-state index contributed by atoms with van der Waals surface area (Å²) in [6.07, 6.45) is -15.3. The molecular weight excluding hydrogens is 1100 g/mol. The van der Waals surface area contributed by atoms with Crippen molar-refractivity contribution in [2.75, 3.05) is 20.8 Å². The van der Waals surface area contributed by atoms with Gasteiger partial charge in [0, 0.05) is 11.3 Å². The molecule has 0 aromatic heterocycles. The van der Waals surface area contributed by atoms with E-state index < -0.39 is 112 Å². The molecule has 0 radical (unpaired) electrons. The molecule has 0 bridgehead atoms. The van der Waals surface area contributed by atoms with Crippen LogP contribution in [-0.4, -0.2) is 128 Å². The maximum atomic E-state index is 14.6. The molecule has 2 heterocycles. The normalized spacial score (nSPS) is 22.9. The zero-order valence-electron chi connectivity index (χ0n) is 48.8. The Kier molecular flexibility index (Phi) is 21.4. The van der Waals surface area contributed by atoms with Crippen LogP contribution < -0.4 is 15.1 Å². The summed E-state index contributed by atoms with van der Waals surface area (Å²) in [5, 5.41) is 4.98. The minimum absolute atomic E-state index is 0.0882. The molecule has 2 saturated heterocycles. The molecule has 0 aliphatic carbocycles. The Bertz CT molecular complexity index is 2970. The Hall–Kier alpha value is -7.05. The summed E-state index contributed by atoms with van der Waals surface area (Å²) in [5.41, 5.74) is 11.4. The summed E-state index contributed by atoms with van der Waals surface area (Å²) in [6.45, 7) is 16.9. The van der Waals surface area contributed by atoms with Crippen molar-refractivity contribution in [1.29, 1.82) is 0 Å². The Balaban J connectivity index is 1.43. The third kappa shape index (κ3) is 15.4. The number of hydrogen-bond donors (Lipinski definition) is 0. The molecule has 2 aliphatic rings. The van der Waals surface area contributed by atoms with Crippen LogP contribution in [0.4, 0.5) is 0 Å². The van der Waals surface area contributed by atoms with E-state index in [9.17, 15) is 29.5 Å². The fourth-order valence-corrected chi connectivity index (χ4v) is 15.5. The Morgan fingerprint density at radius 3 is 1.63 bits per heavy atom. The number of Topliss-reactive ketones (excluding diaryl/α,β-unsaturated/α-hetero) is 1. The highest BCUT2D eigenvalue weighted by molar-refractivity contribution is 6.99. The number of nitrogens with zero attached hydrogens (tertiary/aromatic N) is 3. The highest BCUT2D eigenvalue weighted by Gasteiger charge is 2.60. The quantitative estimate of drug-likeness (QED) is 0.0148. The number of carbonyl (C=O) groups excluding carboxylic acids is 5. The second-order valence-corrected chi connectivity index (χ2v) is 32.0. The highest BCUT2D eigenvalue weighted by Crippen LogP contribution is 2.43. The zero-order chi connectivity index (χ0) is 60.1. The number of esters is 4. The summed E-state index contributed by atoms with van der Waals surface area (Å²) in [7, 11) is -3.76. The second-order valence-electron chi connectivity index (χ2n) is 22.9. The molecule has 0 saturated carbocycles. The lowest BCUT2D eigenvalue weighted by Gasteiger charge is -2.50. The van der Waals surface area contributed by atoms with Gasteiger partial charge >= 0.3 is 23.9 Å². The van der Waals surface area contributed by atoms with E-state index in [2.05, 4.69) is 30.8 Å². The molecule has 0 unspecified atom stereocenters. The summed E-state index contributed by atoms with van der Waals surface area (Å²) in [6, 6.07) is 41.1. The van der Waals surface area contributed by atoms with E-state index in [0.29, 0.717) is 11.3 Å². The lowest BCUT2D eigenvalue weighted by atomic mass is 9.95. The van der Waals surface area contributed by atoms with Crippen LogP contribution >= 0.6 is 0 Å². The lowest BCUT2D eigenvalue weighted by Crippen LogP contribution is -2.69. The van der Waals surface area contributed by atoms with Gasteiger partial charge in [0.15, 0.2) is 45.3 Å². The first-order valence-electron chi connectivity index (χ1n) is 27.5. The molecule has 0 spiro atoms. The Morgan fingerprint density at radius 2 is 1.14 bits per heavy atom. The first kappa shape index (κ1) is 63.5. The average Bonchev–Trinajstić information content (AvgIpc) is 2.96. The number of ether oxygens (including phenoxy) is 9. The van der Waals surface area contributed by atoms with Gasteiger partial charge in [0.1, 0.15) is 35.9 Å². The summed E-state index contributed by atoms with van der Waals surface area (Å²) in [5.74, 6) is -3.27. The third-order valence-corrected chi connectivity index (χ3v) is 24.6. The smallest absolute Gasteiger partial charge is 0.338 e. The van der Waals surface area contributed by atoms with Gasteiger partial charge in [0.25, 0.3) is 8.32 Å². The topological polar surface area (TPSA) is 236 Å². The van der Waals surface area contributed by atoms with Gasteiger partial charge in [-0.3, -0.25) is 4.79 Å². The molecule has 442 valence electrons. The second kappa shape index (κ2) is 28.0. The van der Waals surface area contributed by atoms with Crippen LogP contribution in [0.2, 0.25) is 23.2 Å². The molecule has 7 rings (SSSR count). The molecule has 2 aliphatic heterocycles. The molecule has 83 heavy (non-hydrogen) atoms. The van der Waals surface area contributed by atoms with Crippen molar-refractivity contribution < 1.29 is 75.5 Å². The van der Waals surface area contributed by atoms with Gasteiger partial charge in [-0.2, -0.15) is 0 Å². The number of azide groups is 1. The number of carbonyl (C=O) groups is 5. The van der Waals surface area contributed by atoms with E-state index in [0.717, 1.165) is 17.5 Å². The molecular formula is C62H75N3O16Si2. The van der Waals surface area contributed by atoms with Gasteiger partial charge in [-0.05, 0) is 88.0 Å². The lowest BCUT2D eigenvalue weighted by molar-refractivity contribution is -0.333. The molecule has 21 heteroatoms. The van der Waals surface area contributed by atoms with Crippen LogP contribution in [-0.2, 0) is 67.7 Å². The molecule has 0 amide bonds. The van der Waals surface area contributed by atoms with Crippen molar-refractivity contribution >= 4 is 56.7 Å². The Morgan fingerprint density at radius 1 is 0.614 bits per heavy atom. The fourth-order valence-electron chi connectivity index (χ4n) is 9.80. The van der Waals surface area contributed by atoms with Gasteiger partial charge in [-0.25, -0.2) is 14.4 Å². The van der Waals surface area contributed by atoms with Crippen molar-refractivity contribution in [3.8, 4) is 5.75 Å². The van der Waals surface area contributed by atoms with Gasteiger partial charge in [-0.15, -0.1) is 0 Å². The Labute approximate surface area is 487 Å². The van der Waals surface area contributed by atoms with E-state index in [1.165, 1.54) is 38.3 Å². The van der Waals surface area contributed by atoms with Gasteiger partial charge < -0.3 is 56.3 Å². The first-order chi connectivity index (χ1) is 39.5. The van der Waals surface area contributed by atoms with Crippen LogP contribution in [0.15, 0.2) is 151 Å². The third-order valence-electron chi connectivity index (χ3n) is 15.2. The fraction of sp³-hybridized carbons (Fsp3) is 0.435. The van der Waals surface area contributed by atoms with Crippen LogP contribution in [0.5, 0.6) is 5.75 Å². The van der Waals surface area contributed by atoms with E-state index in [1.807, 2.05) is 94.5 Å². The monoisotopic (exact) mass is 1170 g/mol. The molecule has 10 atom stereocenters. The van der Waals surface area contributed by atoms with Crippen molar-refractivity contribution in [2.45, 2.75) is 152 Å². The predicted octanol–water partition coefficient (Wildman–Crippen LogP) is 9.60. The molecule has 5 aromatic carbocycles. The zero-order valence-corrected chi connectivity index (χ0v) is 50.8. The van der Waals surface area contributed by atoms with Crippen molar-refractivity contribution in [1.82, 2.24) is 0 Å². The summed E-state index contributed by atoms with van der Waals surface area (Å²) in [4.78, 5) is 73.2. The van der Waals surface area contributed by atoms with E-state index in [-0.39, 0.29) is 43.0 Å². The molecule has 19 nitrogen and oxygen atoms in total. The van der Waals surface area contributed by atoms with Crippen LogP contribution in [0.25, 0.3) is 10.4 Å². The largest absolute Gasteiger partial charge is 0.497 e. The predicted molar refractivity (Wildman–Crippen MR) is 312 cm³/mol. The van der Waals surface area contributed by atoms with Gasteiger partial charge in [0.05, 0.1) is 45.0 Å². The van der Waals surface area contributed by atoms with E-state index >= 15 is 0 Å². The number of methoxy groups -OCH3 is 2. The maximum Gasteiger partial charge on any atom is 0.338 e. The SMILES string of the molecule is COC(=O)[C@H]1O[C@@H](O[Si](C)(C)C(C)(C)C)[C@H](OC(=O)c2ccccc2)[C@@H](OC(=O)c2ccccc2)[C@@H]1O[C@H]1O[C@H](CO[Si](c2ccccc2)(c2ccccc2)C(C)(C)C)[C@@H](OC(=O)CCC(C)=O)[C@H](OCc2ccc(OC)cc2)[C@H]1N=[N+]=[N-]. The number of hydrogen-bond acceptors (Lipinski definition) is 17. The van der Waals surface area contributed by atoms with Crippen LogP contribution in [0.3, 0.4) is 0 Å². The number of rotatable bonds is 23. The minimum atomic E-state index is -3.46. The van der Waals surface area contributed by atoms with Gasteiger partial charge in [0.2, 0.25) is 0 Å². The first-order valence-corrected chi connectivity index (χ1v) is 32.3. The van der Waals surface area contributed by atoms with Crippen molar-refractivity contribution in [3.63, 3.8) is 0 Å². The molecule has 0 N–H and O–H groups in total. The number of benzene rings is 5. The average molecular weight is 1170 g/mol. The van der Waals surface area contributed by atoms with Crippen LogP contribution in [0, 0.1) is 0 Å². The molecule has 2 fully saturated rings. The standard InChI is InChI=1S/C62H75N3O16Si2/c1-40(66)32-37-48(67)76-50-47(39-74-83(62(5,6)7,45-28-20-14-21-29-45)46-30-22-15-23-31-46)75-59(49(64-65-63)51(50)73-38-41-33-35-44(71-8)36-34-41)79-52-53(77-56(68)42-24-16-12-17-25-42)55(78-57(69)43-26-18-13-19-27-43)60(80-54(52)58(70)72-9)81-82(10,11)61(2,3)4/h12-31,33-36,47,49-55,59-60H,32,37-39H2,1-11H3/t47-,49-,50-,51-,52+,53+,54+,55-,59-,60+/m1/s1. The van der Waals surface area contributed by atoms with Crippen molar-refractivity contribution in [2.24, 2.45) is 5.11 Å². The maximum absolute atomic E-state index is 14.6. The van der Waals surface area contributed by atoms with E-state index in [1.54, 1.807) is 60.7 Å². The summed E-state index contributed by atoms with van der Waals surface area (Å²) >= 11 is 0. The van der Waals surface area contributed by atoms with Gasteiger partial charge in [-0.1, -0.05) is 156 Å². The minimum Gasteiger partial charge on any atom is -0.497 e. The molecule has 5 aromatic rings.